The van der Waals surface area contributed by atoms with Crippen molar-refractivity contribution in [1.82, 2.24) is 15.1 Å². The number of hydrogen-bond acceptors (Lipinski definition) is 6. The molecule has 7 nitrogen and oxygen atoms in total. The molecule has 1 N–H and O–H groups in total. The molecular weight excluding hydrogens is 370 g/mol. The zero-order valence-electron chi connectivity index (χ0n) is 19.2. The van der Waals surface area contributed by atoms with E-state index >= 15 is 0 Å². The lowest BCUT2D eigenvalue weighted by molar-refractivity contribution is 0.00182. The van der Waals surface area contributed by atoms with Gasteiger partial charge in [-0.1, -0.05) is 12.7 Å². The average molecular weight is 410 g/mol. The normalized spacial score (nSPS) is 16.5. The summed E-state index contributed by atoms with van der Waals surface area (Å²) in [4.78, 5) is 28.2. The van der Waals surface area contributed by atoms with Crippen LogP contribution >= 0.6 is 0 Å². The highest BCUT2D eigenvalue weighted by atomic mass is 16.6. The summed E-state index contributed by atoms with van der Waals surface area (Å²) in [6.07, 6.45) is 5.04. The molecule has 0 aromatic rings. The van der Waals surface area contributed by atoms with Gasteiger partial charge in [-0.05, 0) is 87.0 Å². The minimum atomic E-state index is -0.705. The van der Waals surface area contributed by atoms with E-state index in [0.29, 0.717) is 12.5 Å². The highest BCUT2D eigenvalue weighted by Crippen LogP contribution is 2.15. The summed E-state index contributed by atoms with van der Waals surface area (Å²) in [5, 5.41) is 3.43. The fourth-order valence-corrected chi connectivity index (χ4v) is 2.78. The number of imide groups is 1. The van der Waals surface area contributed by atoms with Crippen LogP contribution in [0.4, 0.5) is 9.59 Å². The van der Waals surface area contributed by atoms with E-state index in [4.69, 9.17) is 9.47 Å². The van der Waals surface area contributed by atoms with Crippen LogP contribution in [0.15, 0.2) is 24.4 Å². The van der Waals surface area contributed by atoms with E-state index in [9.17, 15) is 9.59 Å². The fourth-order valence-electron chi connectivity index (χ4n) is 2.78. The number of rotatable bonds is 6. The van der Waals surface area contributed by atoms with Gasteiger partial charge >= 0.3 is 12.2 Å². The lowest BCUT2D eigenvalue weighted by Gasteiger charge is -2.30. The summed E-state index contributed by atoms with van der Waals surface area (Å²) >= 11 is 0. The van der Waals surface area contributed by atoms with Crippen molar-refractivity contribution in [3.05, 3.63) is 24.4 Å². The van der Waals surface area contributed by atoms with Crippen LogP contribution in [-0.2, 0) is 9.47 Å². The molecule has 1 saturated heterocycles. The van der Waals surface area contributed by atoms with Gasteiger partial charge in [0.2, 0.25) is 0 Å². The van der Waals surface area contributed by atoms with Crippen LogP contribution in [0.2, 0.25) is 0 Å². The molecule has 0 unspecified atom stereocenters. The summed E-state index contributed by atoms with van der Waals surface area (Å²) in [7, 11) is 2.13. The van der Waals surface area contributed by atoms with Crippen LogP contribution < -0.4 is 5.32 Å². The monoisotopic (exact) mass is 409 g/mol. The number of nitrogens with zero attached hydrogens (tertiary/aromatic N) is 2. The molecule has 0 saturated carbocycles. The molecule has 166 valence electrons. The van der Waals surface area contributed by atoms with Crippen molar-refractivity contribution in [2.45, 2.75) is 78.0 Å². The van der Waals surface area contributed by atoms with Crippen LogP contribution in [0, 0.1) is 0 Å². The van der Waals surface area contributed by atoms with Crippen LogP contribution in [0.25, 0.3) is 0 Å². The molecule has 0 radical (unpaired) electrons. The Bertz CT molecular complexity index is 566. The van der Waals surface area contributed by atoms with Crippen LogP contribution in [-0.4, -0.2) is 65.9 Å². The molecule has 0 aromatic carbocycles. The van der Waals surface area contributed by atoms with E-state index in [2.05, 4.69) is 23.8 Å². The van der Waals surface area contributed by atoms with Gasteiger partial charge in [0.15, 0.2) is 0 Å². The van der Waals surface area contributed by atoms with E-state index < -0.39 is 23.4 Å². The third-order valence-corrected chi connectivity index (χ3v) is 4.17. The molecule has 0 aromatic heterocycles. The molecule has 0 bridgehead atoms. The smallest absolute Gasteiger partial charge is 0.419 e. The molecular formula is C22H39N3O4. The average Bonchev–Trinajstić information content (AvgIpc) is 2.53. The number of allylic oxidation sites excluding steroid dienone is 1. The number of hydrogen-bond donors (Lipinski definition) is 1. The zero-order chi connectivity index (χ0) is 22.2. The van der Waals surface area contributed by atoms with Gasteiger partial charge in [-0.2, -0.15) is 0 Å². The largest absolute Gasteiger partial charge is 0.443 e. The van der Waals surface area contributed by atoms with Crippen LogP contribution in [0.1, 0.15) is 60.8 Å². The number of ether oxygens (including phenoxy) is 2. The van der Waals surface area contributed by atoms with Gasteiger partial charge in [-0.3, -0.25) is 0 Å². The summed E-state index contributed by atoms with van der Waals surface area (Å²) in [6.45, 7) is 16.9. The zero-order valence-corrected chi connectivity index (χ0v) is 19.2. The van der Waals surface area contributed by atoms with Crippen molar-refractivity contribution in [3.8, 4) is 0 Å². The Hall–Kier alpha value is -2.02. The third kappa shape index (κ3) is 10.9. The Morgan fingerprint density at radius 3 is 2.00 bits per heavy atom. The van der Waals surface area contributed by atoms with Crippen molar-refractivity contribution in [2.75, 3.05) is 26.7 Å². The molecule has 1 rings (SSSR count). The topological polar surface area (TPSA) is 71.1 Å². The van der Waals surface area contributed by atoms with Crippen LogP contribution in [0.3, 0.4) is 0 Å². The molecule has 1 heterocycles. The minimum Gasteiger partial charge on any atom is -0.443 e. The highest BCUT2D eigenvalue weighted by molar-refractivity contribution is 5.88. The highest BCUT2D eigenvalue weighted by Gasteiger charge is 2.30. The Kier molecular flexibility index (Phi) is 9.20. The van der Waals surface area contributed by atoms with E-state index in [-0.39, 0.29) is 6.54 Å². The number of carbonyl (C=O) groups excluding carboxylic acids is 2. The molecule has 0 atom stereocenters. The Morgan fingerprint density at radius 2 is 1.55 bits per heavy atom. The summed E-state index contributed by atoms with van der Waals surface area (Å²) in [6, 6.07) is 0.434. The van der Waals surface area contributed by atoms with E-state index in [1.807, 2.05) is 12.2 Å². The molecule has 0 spiro atoms. The van der Waals surface area contributed by atoms with Crippen molar-refractivity contribution >= 4 is 12.2 Å². The minimum absolute atomic E-state index is 0.168. The third-order valence-electron chi connectivity index (χ3n) is 4.17. The lowest BCUT2D eigenvalue weighted by atomic mass is 10.1. The quantitative estimate of drug-likeness (QED) is 0.660. The molecule has 1 aliphatic heterocycles. The second kappa shape index (κ2) is 10.7. The second-order valence-electron chi connectivity index (χ2n) is 9.55. The Balaban J connectivity index is 2.59. The number of amides is 2. The van der Waals surface area contributed by atoms with E-state index in [1.165, 1.54) is 0 Å². The lowest BCUT2D eigenvalue weighted by Crippen LogP contribution is -2.44. The molecule has 1 fully saturated rings. The van der Waals surface area contributed by atoms with Crippen molar-refractivity contribution in [2.24, 2.45) is 0 Å². The summed E-state index contributed by atoms with van der Waals surface area (Å²) in [5.41, 5.74) is -0.556. The van der Waals surface area contributed by atoms with Crippen molar-refractivity contribution < 1.29 is 19.1 Å². The van der Waals surface area contributed by atoms with Crippen molar-refractivity contribution in [1.29, 1.82) is 0 Å². The second-order valence-corrected chi connectivity index (χ2v) is 9.55. The maximum atomic E-state index is 12.4. The van der Waals surface area contributed by atoms with Gasteiger partial charge in [0.1, 0.15) is 11.2 Å². The first-order valence-electron chi connectivity index (χ1n) is 10.3. The van der Waals surface area contributed by atoms with Crippen molar-refractivity contribution in [3.63, 3.8) is 0 Å². The molecule has 7 heteroatoms. The maximum Gasteiger partial charge on any atom is 0.419 e. The molecule has 1 aliphatic rings. The van der Waals surface area contributed by atoms with Gasteiger partial charge in [0, 0.05) is 18.3 Å². The summed E-state index contributed by atoms with van der Waals surface area (Å²) in [5.74, 6) is 0. The molecule has 29 heavy (non-hydrogen) atoms. The Labute approximate surface area is 176 Å². The van der Waals surface area contributed by atoms with E-state index in [1.54, 1.807) is 41.5 Å². The number of likely N-dealkylation sites (tertiary alicyclic amines) is 1. The number of nitrogens with one attached hydrogen (secondary N) is 1. The predicted octanol–water partition coefficient (Wildman–Crippen LogP) is 4.30. The first-order chi connectivity index (χ1) is 13.3. The number of piperidine rings is 1. The predicted molar refractivity (Wildman–Crippen MR) is 116 cm³/mol. The van der Waals surface area contributed by atoms with Gasteiger partial charge in [0.25, 0.3) is 0 Å². The Morgan fingerprint density at radius 1 is 1.07 bits per heavy atom. The number of carbonyl (C=O) groups is 2. The first-order valence-corrected chi connectivity index (χ1v) is 10.3. The molecule has 2 amide bonds. The fraction of sp³-hybridized carbons (Fsp3) is 0.727. The standard InChI is InChI=1S/C22H39N3O4/c1-17(23-18-12-15-24(8)16-13-18)11-9-10-14-25(19(26)28-21(2,3)4)20(27)29-22(5,6)7/h9,11,18,23H,1,10,12-16H2,2-8H3/b11-9-. The van der Waals surface area contributed by atoms with Gasteiger partial charge in [-0.15, -0.1) is 0 Å². The first kappa shape index (κ1) is 25.0. The maximum absolute atomic E-state index is 12.4. The van der Waals surface area contributed by atoms with E-state index in [0.717, 1.165) is 36.5 Å². The van der Waals surface area contributed by atoms with Gasteiger partial charge in [-0.25, -0.2) is 14.5 Å². The molecule has 0 aliphatic carbocycles. The van der Waals surface area contributed by atoms with Gasteiger partial charge in [0.05, 0.1) is 0 Å². The SMILES string of the molecule is C=C(/C=C\CCN(C(=O)OC(C)(C)C)C(=O)OC(C)(C)C)NC1CCN(C)CC1. The van der Waals surface area contributed by atoms with Gasteiger partial charge < -0.3 is 19.7 Å². The summed E-state index contributed by atoms with van der Waals surface area (Å²) < 4.78 is 10.7. The van der Waals surface area contributed by atoms with Crippen LogP contribution in [0.5, 0.6) is 0 Å².